The van der Waals surface area contributed by atoms with Crippen molar-refractivity contribution in [3.63, 3.8) is 0 Å². The summed E-state index contributed by atoms with van der Waals surface area (Å²) in [6.07, 6.45) is 0.944. The second-order valence-electron chi connectivity index (χ2n) is 7.33. The van der Waals surface area contributed by atoms with Gasteiger partial charge < -0.3 is 5.32 Å². The van der Waals surface area contributed by atoms with Crippen LogP contribution >= 0.6 is 11.3 Å². The molecular formula is C22H24N4O2S. The first-order valence-corrected chi connectivity index (χ1v) is 10.7. The topological polar surface area (TPSA) is 68.4 Å². The number of thiophene rings is 1. The van der Waals surface area contributed by atoms with Gasteiger partial charge >= 0.3 is 0 Å². The molecule has 29 heavy (non-hydrogen) atoms. The van der Waals surface area contributed by atoms with Crippen LogP contribution in [0.15, 0.2) is 52.6 Å². The summed E-state index contributed by atoms with van der Waals surface area (Å²) in [5, 5.41) is 9.45. The minimum atomic E-state index is -0.114. The van der Waals surface area contributed by atoms with E-state index in [4.69, 9.17) is 0 Å². The fourth-order valence-corrected chi connectivity index (χ4v) is 4.43. The Hall–Kier alpha value is -2.93. The van der Waals surface area contributed by atoms with Crippen LogP contribution in [0.25, 0.3) is 15.7 Å². The molecule has 0 unspecified atom stereocenters. The number of fused-ring (bicyclic) bond motifs is 3. The van der Waals surface area contributed by atoms with Crippen LogP contribution in [-0.2, 0) is 11.3 Å². The van der Waals surface area contributed by atoms with E-state index in [0.717, 1.165) is 16.0 Å². The van der Waals surface area contributed by atoms with E-state index in [9.17, 15) is 9.59 Å². The molecule has 3 aromatic heterocycles. The highest BCUT2D eigenvalue weighted by atomic mass is 32.1. The molecule has 0 radical (unpaired) electrons. The average molecular weight is 409 g/mol. The summed E-state index contributed by atoms with van der Waals surface area (Å²) in [7, 11) is 0. The first-order chi connectivity index (χ1) is 14.0. The van der Waals surface area contributed by atoms with Gasteiger partial charge in [-0.15, -0.1) is 11.3 Å². The molecule has 0 aliphatic rings. The molecule has 6 nitrogen and oxygen atoms in total. The molecule has 0 spiro atoms. The smallest absolute Gasteiger partial charge is 0.291 e. The summed E-state index contributed by atoms with van der Waals surface area (Å²) in [6, 6.07) is 14.1. The quantitative estimate of drug-likeness (QED) is 0.507. The van der Waals surface area contributed by atoms with E-state index >= 15 is 0 Å². The van der Waals surface area contributed by atoms with E-state index < -0.39 is 0 Å². The van der Waals surface area contributed by atoms with Crippen molar-refractivity contribution in [2.75, 3.05) is 6.54 Å². The van der Waals surface area contributed by atoms with Crippen molar-refractivity contribution in [3.8, 4) is 0 Å². The van der Waals surface area contributed by atoms with E-state index in [2.05, 4.69) is 29.5 Å². The van der Waals surface area contributed by atoms with Gasteiger partial charge in [0.1, 0.15) is 11.3 Å². The van der Waals surface area contributed by atoms with Crippen molar-refractivity contribution in [3.05, 3.63) is 69.6 Å². The number of rotatable bonds is 7. The number of aromatic nitrogens is 3. The molecule has 1 aromatic carbocycles. The Labute approximate surface area is 172 Å². The lowest BCUT2D eigenvalue weighted by Gasteiger charge is -2.13. The van der Waals surface area contributed by atoms with Crippen molar-refractivity contribution in [1.82, 2.24) is 19.5 Å². The van der Waals surface area contributed by atoms with Gasteiger partial charge in [0.25, 0.3) is 5.56 Å². The SMILES string of the molecule is Cc1nn(CCCC(=O)NC[C@@H](C)c2ccccc2)c(=O)c2cc3sccc3n12. The Balaban J connectivity index is 1.35. The first-order valence-electron chi connectivity index (χ1n) is 9.82. The van der Waals surface area contributed by atoms with Crippen LogP contribution in [0.2, 0.25) is 0 Å². The predicted octanol–water partition coefficient (Wildman–Crippen LogP) is 3.72. The molecule has 0 fully saturated rings. The number of hydrogen-bond acceptors (Lipinski definition) is 4. The van der Waals surface area contributed by atoms with Gasteiger partial charge in [0.15, 0.2) is 0 Å². The maximum absolute atomic E-state index is 12.8. The lowest BCUT2D eigenvalue weighted by Crippen LogP contribution is -2.29. The number of benzene rings is 1. The fourth-order valence-electron chi connectivity index (χ4n) is 3.62. The highest BCUT2D eigenvalue weighted by Crippen LogP contribution is 2.24. The third kappa shape index (κ3) is 3.96. The zero-order chi connectivity index (χ0) is 20.4. The summed E-state index contributed by atoms with van der Waals surface area (Å²) in [5.41, 5.74) is 2.75. The monoisotopic (exact) mass is 408 g/mol. The molecule has 0 aliphatic heterocycles. The van der Waals surface area contributed by atoms with E-state index in [0.29, 0.717) is 31.4 Å². The average Bonchev–Trinajstić information content (AvgIpc) is 3.32. The van der Waals surface area contributed by atoms with Gasteiger partial charge in [-0.3, -0.25) is 14.0 Å². The fraction of sp³-hybridized carbons (Fsp3) is 0.318. The second-order valence-corrected chi connectivity index (χ2v) is 8.28. The Bertz CT molecular complexity index is 1210. The summed E-state index contributed by atoms with van der Waals surface area (Å²) >= 11 is 1.61. The van der Waals surface area contributed by atoms with Crippen LogP contribution < -0.4 is 10.9 Å². The largest absolute Gasteiger partial charge is 0.356 e. The van der Waals surface area contributed by atoms with Gasteiger partial charge in [-0.2, -0.15) is 5.10 Å². The number of carbonyl (C=O) groups is 1. The Kier molecular flexibility index (Phi) is 5.49. The minimum Gasteiger partial charge on any atom is -0.356 e. The van der Waals surface area contributed by atoms with Gasteiger partial charge in [0, 0.05) is 19.5 Å². The van der Waals surface area contributed by atoms with Crippen molar-refractivity contribution in [1.29, 1.82) is 0 Å². The summed E-state index contributed by atoms with van der Waals surface area (Å²) < 4.78 is 4.47. The van der Waals surface area contributed by atoms with Crippen molar-refractivity contribution < 1.29 is 4.79 Å². The molecule has 0 aliphatic carbocycles. The van der Waals surface area contributed by atoms with Gasteiger partial charge in [0.05, 0.1) is 10.2 Å². The number of nitrogens with one attached hydrogen (secondary N) is 1. The standard InChI is InChI=1S/C22H24N4O2S/c1-15(17-7-4-3-5-8-17)14-23-21(27)9-6-11-25-22(28)19-13-20-18(10-12-29-20)26(19)16(2)24-25/h3-5,7-8,10,12-13,15H,6,9,11,14H2,1-2H3,(H,23,27)/t15-/m1/s1. The maximum atomic E-state index is 12.8. The second kappa shape index (κ2) is 8.21. The summed E-state index contributed by atoms with van der Waals surface area (Å²) in [5.74, 6) is 1.04. The molecule has 3 heterocycles. The zero-order valence-electron chi connectivity index (χ0n) is 16.6. The van der Waals surface area contributed by atoms with Crippen LogP contribution in [0.1, 0.15) is 37.1 Å². The van der Waals surface area contributed by atoms with Crippen molar-refractivity contribution >= 4 is 33.0 Å². The van der Waals surface area contributed by atoms with E-state index in [-0.39, 0.29) is 17.4 Å². The molecule has 4 rings (SSSR count). The Morgan fingerprint density at radius 1 is 1.21 bits per heavy atom. The first kappa shape index (κ1) is 19.4. The number of amides is 1. The van der Waals surface area contributed by atoms with E-state index in [1.165, 1.54) is 10.2 Å². The maximum Gasteiger partial charge on any atom is 0.291 e. The molecule has 0 saturated heterocycles. The van der Waals surface area contributed by atoms with E-state index in [1.807, 2.05) is 47.0 Å². The number of carbonyl (C=O) groups excluding carboxylic acids is 1. The van der Waals surface area contributed by atoms with Crippen LogP contribution in [-0.4, -0.2) is 26.6 Å². The van der Waals surface area contributed by atoms with Gasteiger partial charge in [-0.05, 0) is 42.3 Å². The van der Waals surface area contributed by atoms with Crippen molar-refractivity contribution in [2.45, 2.75) is 39.2 Å². The molecule has 0 bridgehead atoms. The number of aryl methyl sites for hydroxylation is 2. The van der Waals surface area contributed by atoms with Crippen LogP contribution in [0.5, 0.6) is 0 Å². The van der Waals surface area contributed by atoms with Gasteiger partial charge in [0.2, 0.25) is 5.91 Å². The predicted molar refractivity (Wildman–Crippen MR) is 117 cm³/mol. The van der Waals surface area contributed by atoms with Crippen LogP contribution in [0.4, 0.5) is 0 Å². The summed E-state index contributed by atoms with van der Waals surface area (Å²) in [4.78, 5) is 25.0. The lowest BCUT2D eigenvalue weighted by atomic mass is 10.0. The Morgan fingerprint density at radius 3 is 2.79 bits per heavy atom. The minimum absolute atomic E-state index is 0.00169. The lowest BCUT2D eigenvalue weighted by molar-refractivity contribution is -0.121. The Morgan fingerprint density at radius 2 is 2.00 bits per heavy atom. The van der Waals surface area contributed by atoms with Crippen molar-refractivity contribution in [2.24, 2.45) is 0 Å². The summed E-state index contributed by atoms with van der Waals surface area (Å²) in [6.45, 7) is 5.03. The third-order valence-corrected chi connectivity index (χ3v) is 6.07. The molecule has 0 saturated carbocycles. The highest BCUT2D eigenvalue weighted by Gasteiger charge is 2.13. The number of hydrogen-bond donors (Lipinski definition) is 1. The van der Waals surface area contributed by atoms with Crippen LogP contribution in [0.3, 0.4) is 0 Å². The molecule has 1 N–H and O–H groups in total. The molecule has 7 heteroatoms. The van der Waals surface area contributed by atoms with Gasteiger partial charge in [-0.25, -0.2) is 4.68 Å². The number of nitrogens with zero attached hydrogens (tertiary/aromatic N) is 3. The van der Waals surface area contributed by atoms with E-state index in [1.54, 1.807) is 11.3 Å². The molecule has 150 valence electrons. The molecule has 1 amide bonds. The molecule has 1 atom stereocenters. The zero-order valence-corrected chi connectivity index (χ0v) is 17.4. The molecule has 4 aromatic rings. The van der Waals surface area contributed by atoms with Crippen LogP contribution in [0, 0.1) is 6.92 Å². The van der Waals surface area contributed by atoms with Gasteiger partial charge in [-0.1, -0.05) is 37.3 Å². The molecular weight excluding hydrogens is 384 g/mol. The normalized spacial score (nSPS) is 12.5. The third-order valence-electron chi connectivity index (χ3n) is 5.21. The highest BCUT2D eigenvalue weighted by molar-refractivity contribution is 7.17.